The fourth-order valence-electron chi connectivity index (χ4n) is 1.08. The molecule has 0 saturated carbocycles. The summed E-state index contributed by atoms with van der Waals surface area (Å²) < 4.78 is 5.38. The van der Waals surface area contributed by atoms with Crippen molar-refractivity contribution in [1.82, 2.24) is 4.90 Å². The van der Waals surface area contributed by atoms with Crippen LogP contribution in [0.2, 0.25) is 0 Å². The van der Waals surface area contributed by atoms with Gasteiger partial charge in [0.05, 0.1) is 0 Å². The molecule has 80 valence electrons. The van der Waals surface area contributed by atoms with Gasteiger partial charge in [0.25, 0.3) is 0 Å². The van der Waals surface area contributed by atoms with E-state index in [4.69, 9.17) is 4.74 Å². The van der Waals surface area contributed by atoms with E-state index in [1.165, 1.54) is 0 Å². The minimum absolute atomic E-state index is 0.295. The maximum atomic E-state index is 10.7. The highest BCUT2D eigenvalue weighted by atomic mass is 16.5. The predicted molar refractivity (Wildman–Crippen MR) is 59.6 cm³/mol. The number of carbonyl (C=O) groups excluding carboxylic acids is 1. The summed E-state index contributed by atoms with van der Waals surface area (Å²) in [6, 6.07) is 7.55. The number of nitrogens with zero attached hydrogens (tertiary/aromatic N) is 1. The molecule has 0 aromatic heterocycles. The van der Waals surface area contributed by atoms with Gasteiger partial charge in [-0.2, -0.15) is 0 Å². The van der Waals surface area contributed by atoms with Crippen molar-refractivity contribution in [2.45, 2.75) is 6.92 Å². The number of aldehydes is 1. The van der Waals surface area contributed by atoms with E-state index in [2.05, 4.69) is 0 Å². The summed E-state index contributed by atoms with van der Waals surface area (Å²) in [6.45, 7) is 2.00. The van der Waals surface area contributed by atoms with Crippen molar-refractivity contribution in [3.63, 3.8) is 0 Å². The largest absolute Gasteiger partial charge is 0.452 e. The molecule has 0 aliphatic heterocycles. The molecule has 0 unspecified atom stereocenters. The molecule has 0 atom stereocenters. The number of benzene rings is 1. The third-order valence-corrected chi connectivity index (χ3v) is 1.76. The first kappa shape index (κ1) is 11.3. The highest BCUT2D eigenvalue weighted by Gasteiger charge is 1.99. The summed E-state index contributed by atoms with van der Waals surface area (Å²) in [5.41, 5.74) is 1.16. The van der Waals surface area contributed by atoms with Crippen LogP contribution in [0.3, 0.4) is 0 Å². The number of hydrogen-bond acceptors (Lipinski definition) is 3. The van der Waals surface area contributed by atoms with E-state index >= 15 is 0 Å². The Morgan fingerprint density at radius 2 is 1.87 bits per heavy atom. The molecule has 0 saturated heterocycles. The quantitative estimate of drug-likeness (QED) is 0.427. The van der Waals surface area contributed by atoms with Gasteiger partial charge in [-0.3, -0.25) is 4.79 Å². The number of hydrogen-bond donors (Lipinski definition) is 0. The molecule has 0 aliphatic carbocycles. The van der Waals surface area contributed by atoms with Crippen molar-refractivity contribution in [1.29, 1.82) is 0 Å². The molecule has 0 spiro atoms. The summed E-state index contributed by atoms with van der Waals surface area (Å²) >= 11 is 0. The average molecular weight is 205 g/mol. The Hall–Kier alpha value is -1.77. The Balaban J connectivity index is 2.75. The Kier molecular flexibility index (Phi) is 3.92. The van der Waals surface area contributed by atoms with E-state index in [-0.39, 0.29) is 0 Å². The minimum atomic E-state index is 0.295. The van der Waals surface area contributed by atoms with E-state index in [9.17, 15) is 4.79 Å². The molecule has 3 nitrogen and oxygen atoms in total. The second-order valence-electron chi connectivity index (χ2n) is 3.53. The smallest absolute Gasteiger partial charge is 0.186 e. The van der Waals surface area contributed by atoms with E-state index in [0.717, 1.165) is 5.56 Å². The van der Waals surface area contributed by atoms with Gasteiger partial charge in [-0.25, -0.2) is 0 Å². The summed E-state index contributed by atoms with van der Waals surface area (Å²) in [4.78, 5) is 12.5. The van der Waals surface area contributed by atoms with Crippen LogP contribution < -0.4 is 4.74 Å². The molecule has 0 bridgehead atoms. The third-order valence-electron chi connectivity index (χ3n) is 1.76. The zero-order valence-corrected chi connectivity index (χ0v) is 9.23. The monoisotopic (exact) mass is 205 g/mol. The first-order chi connectivity index (χ1) is 7.11. The second kappa shape index (κ2) is 5.20. The van der Waals surface area contributed by atoms with Gasteiger partial charge in [-0.05, 0) is 19.1 Å². The summed E-state index contributed by atoms with van der Waals surface area (Å²) in [7, 11) is 3.67. The van der Waals surface area contributed by atoms with Gasteiger partial charge in [-0.1, -0.05) is 17.7 Å². The Bertz CT molecular complexity index is 352. The van der Waals surface area contributed by atoms with Gasteiger partial charge in [0.15, 0.2) is 12.0 Å². The number of rotatable bonds is 4. The van der Waals surface area contributed by atoms with Gasteiger partial charge < -0.3 is 9.64 Å². The zero-order valence-electron chi connectivity index (χ0n) is 9.23. The van der Waals surface area contributed by atoms with Gasteiger partial charge in [-0.15, -0.1) is 0 Å². The van der Waals surface area contributed by atoms with Crippen molar-refractivity contribution < 1.29 is 9.53 Å². The normalized spacial score (nSPS) is 11.0. The van der Waals surface area contributed by atoms with Crippen LogP contribution in [-0.2, 0) is 4.79 Å². The maximum absolute atomic E-state index is 10.7. The summed E-state index contributed by atoms with van der Waals surface area (Å²) in [5.74, 6) is 0.963. The van der Waals surface area contributed by atoms with Gasteiger partial charge in [0.2, 0.25) is 0 Å². The van der Waals surface area contributed by atoms with E-state index in [1.54, 1.807) is 11.1 Å². The minimum Gasteiger partial charge on any atom is -0.452 e. The first-order valence-electron chi connectivity index (χ1n) is 4.70. The molecule has 3 heteroatoms. The van der Waals surface area contributed by atoms with Crippen LogP contribution in [0.1, 0.15) is 5.56 Å². The molecule has 0 aliphatic rings. The molecule has 0 amide bonds. The molecular formula is C12H15NO2. The fourth-order valence-corrected chi connectivity index (χ4v) is 1.08. The fraction of sp³-hybridized carbons (Fsp3) is 0.250. The number of allylic oxidation sites excluding steroid dienone is 1. The average Bonchev–Trinajstić information content (AvgIpc) is 2.19. The van der Waals surface area contributed by atoms with Crippen molar-refractivity contribution in [2.75, 3.05) is 14.1 Å². The van der Waals surface area contributed by atoms with Crippen molar-refractivity contribution in [3.05, 3.63) is 41.8 Å². The lowest BCUT2D eigenvalue weighted by Gasteiger charge is -2.08. The van der Waals surface area contributed by atoms with Crippen molar-refractivity contribution >= 4 is 6.29 Å². The highest BCUT2D eigenvalue weighted by Crippen LogP contribution is 2.13. The standard InChI is InChI=1S/C12H15NO2/c1-10-4-6-11(7-5-10)15-12(9-14)8-13(2)3/h4-9H,1-3H3. The molecular weight excluding hydrogens is 190 g/mol. The molecule has 0 radical (unpaired) electrons. The second-order valence-corrected chi connectivity index (χ2v) is 3.53. The predicted octanol–water partition coefficient (Wildman–Crippen LogP) is 1.98. The SMILES string of the molecule is Cc1ccc(OC(C=O)=CN(C)C)cc1. The van der Waals surface area contributed by atoms with Crippen LogP contribution in [-0.4, -0.2) is 25.3 Å². The van der Waals surface area contributed by atoms with Crippen LogP contribution >= 0.6 is 0 Å². The number of aryl methyl sites for hydroxylation is 1. The summed E-state index contributed by atoms with van der Waals surface area (Å²) in [6.07, 6.45) is 2.33. The number of ether oxygens (including phenoxy) is 1. The lowest BCUT2D eigenvalue weighted by Crippen LogP contribution is -2.07. The van der Waals surface area contributed by atoms with Crippen LogP contribution in [0.5, 0.6) is 5.75 Å². The van der Waals surface area contributed by atoms with E-state index in [0.29, 0.717) is 17.8 Å². The maximum Gasteiger partial charge on any atom is 0.186 e. The zero-order chi connectivity index (χ0) is 11.3. The molecule has 0 heterocycles. The molecule has 0 fully saturated rings. The summed E-state index contributed by atoms with van der Waals surface area (Å²) in [5, 5.41) is 0. The molecule has 1 rings (SSSR count). The van der Waals surface area contributed by atoms with Gasteiger partial charge in [0, 0.05) is 20.3 Å². The topological polar surface area (TPSA) is 29.5 Å². The van der Waals surface area contributed by atoms with Crippen LogP contribution in [0.4, 0.5) is 0 Å². The van der Waals surface area contributed by atoms with Crippen molar-refractivity contribution in [2.24, 2.45) is 0 Å². The lowest BCUT2D eigenvalue weighted by molar-refractivity contribution is -0.106. The van der Waals surface area contributed by atoms with E-state index < -0.39 is 0 Å². The lowest BCUT2D eigenvalue weighted by atomic mass is 10.2. The number of carbonyl (C=O) groups is 1. The van der Waals surface area contributed by atoms with E-state index in [1.807, 2.05) is 45.3 Å². The molecule has 1 aromatic carbocycles. The first-order valence-corrected chi connectivity index (χ1v) is 4.70. The highest BCUT2D eigenvalue weighted by molar-refractivity contribution is 5.70. The molecule has 0 N–H and O–H groups in total. The Morgan fingerprint density at radius 3 is 2.33 bits per heavy atom. The molecule has 1 aromatic rings. The third kappa shape index (κ3) is 3.85. The van der Waals surface area contributed by atoms with Gasteiger partial charge in [0.1, 0.15) is 5.75 Å². The van der Waals surface area contributed by atoms with Crippen LogP contribution in [0.25, 0.3) is 0 Å². The van der Waals surface area contributed by atoms with Crippen LogP contribution in [0.15, 0.2) is 36.2 Å². The Labute approximate surface area is 90.0 Å². The van der Waals surface area contributed by atoms with Crippen LogP contribution in [0, 0.1) is 6.92 Å². The Morgan fingerprint density at radius 1 is 1.27 bits per heavy atom. The van der Waals surface area contributed by atoms with Crippen molar-refractivity contribution in [3.8, 4) is 5.75 Å². The molecule has 15 heavy (non-hydrogen) atoms. The van der Waals surface area contributed by atoms with Gasteiger partial charge >= 0.3 is 0 Å².